The highest BCUT2D eigenvalue weighted by molar-refractivity contribution is 8.04. The number of methoxy groups -OCH3 is 1. The number of aromatic nitrogens is 4. The SMILES string of the molecule is CCOC(=O)Cn1cc(/C=C(\Sc2n[nH]c(-c3cc(Cl)ccc3OC)n2)C(=O)O)c2ccccc21. The third-order valence-corrected chi connectivity index (χ3v) is 6.12. The molecule has 0 unspecified atom stereocenters. The molecule has 0 atom stereocenters. The number of ether oxygens (including phenoxy) is 2. The van der Waals surface area contributed by atoms with Crippen molar-refractivity contribution in [3.05, 3.63) is 64.2 Å². The number of benzene rings is 2. The number of carboxylic acid groups (broad SMARTS) is 1. The molecule has 0 spiro atoms. The van der Waals surface area contributed by atoms with Crippen LogP contribution in [0.5, 0.6) is 5.75 Å². The lowest BCUT2D eigenvalue weighted by Gasteiger charge is -2.05. The van der Waals surface area contributed by atoms with Crippen molar-refractivity contribution in [2.24, 2.45) is 0 Å². The van der Waals surface area contributed by atoms with Gasteiger partial charge in [-0.05, 0) is 49.0 Å². The van der Waals surface area contributed by atoms with Gasteiger partial charge in [0.2, 0.25) is 5.16 Å². The molecule has 2 aromatic heterocycles. The first kappa shape index (κ1) is 24.4. The highest BCUT2D eigenvalue weighted by Gasteiger charge is 2.18. The van der Waals surface area contributed by atoms with Gasteiger partial charge in [0, 0.05) is 27.7 Å². The fourth-order valence-corrected chi connectivity index (χ4v) is 4.39. The topological polar surface area (TPSA) is 119 Å². The van der Waals surface area contributed by atoms with Crippen LogP contribution < -0.4 is 4.74 Å². The summed E-state index contributed by atoms with van der Waals surface area (Å²) < 4.78 is 12.1. The molecule has 0 saturated heterocycles. The number of rotatable bonds is 9. The second-order valence-corrected chi connectivity index (χ2v) is 8.71. The Hall–Kier alpha value is -3.76. The van der Waals surface area contributed by atoms with Crippen molar-refractivity contribution in [1.29, 1.82) is 0 Å². The van der Waals surface area contributed by atoms with Crippen LogP contribution in [0, 0.1) is 0 Å². The molecular weight excluding hydrogens is 492 g/mol. The van der Waals surface area contributed by atoms with E-state index in [1.807, 2.05) is 24.3 Å². The summed E-state index contributed by atoms with van der Waals surface area (Å²) in [7, 11) is 1.53. The Labute approximate surface area is 209 Å². The number of nitrogens with zero attached hydrogens (tertiary/aromatic N) is 3. The van der Waals surface area contributed by atoms with Crippen molar-refractivity contribution in [3.8, 4) is 17.1 Å². The summed E-state index contributed by atoms with van der Waals surface area (Å²) in [5.41, 5.74) is 2.03. The number of carbonyl (C=O) groups excluding carboxylic acids is 1. The molecule has 0 amide bonds. The third kappa shape index (κ3) is 5.50. The average molecular weight is 513 g/mol. The first-order valence-electron chi connectivity index (χ1n) is 10.5. The van der Waals surface area contributed by atoms with Crippen molar-refractivity contribution in [3.63, 3.8) is 0 Å². The van der Waals surface area contributed by atoms with Crippen LogP contribution in [-0.4, -0.2) is 50.5 Å². The van der Waals surface area contributed by atoms with Gasteiger partial charge in [0.05, 0.1) is 19.3 Å². The summed E-state index contributed by atoms with van der Waals surface area (Å²) in [4.78, 5) is 28.5. The zero-order valence-electron chi connectivity index (χ0n) is 18.8. The highest BCUT2D eigenvalue weighted by Crippen LogP contribution is 2.33. The van der Waals surface area contributed by atoms with Gasteiger partial charge in [-0.3, -0.25) is 9.89 Å². The number of para-hydroxylation sites is 1. The van der Waals surface area contributed by atoms with Gasteiger partial charge in [-0.2, -0.15) is 0 Å². The van der Waals surface area contributed by atoms with E-state index in [1.54, 1.807) is 35.9 Å². The monoisotopic (exact) mass is 512 g/mol. The molecule has 0 aliphatic heterocycles. The quantitative estimate of drug-likeness (QED) is 0.185. The number of halogens is 1. The summed E-state index contributed by atoms with van der Waals surface area (Å²) >= 11 is 7.00. The number of esters is 1. The number of nitrogens with one attached hydrogen (secondary N) is 1. The highest BCUT2D eigenvalue weighted by atomic mass is 35.5. The Morgan fingerprint density at radius 1 is 1.26 bits per heavy atom. The van der Waals surface area contributed by atoms with Gasteiger partial charge in [-0.15, -0.1) is 5.10 Å². The minimum atomic E-state index is -1.14. The van der Waals surface area contributed by atoms with E-state index in [9.17, 15) is 14.7 Å². The molecule has 0 saturated carbocycles. The fraction of sp³-hybridized carbons (Fsp3) is 0.167. The molecule has 180 valence electrons. The summed E-state index contributed by atoms with van der Waals surface area (Å²) in [6.07, 6.45) is 3.26. The normalized spacial score (nSPS) is 11.6. The number of fused-ring (bicyclic) bond motifs is 1. The molecule has 0 aliphatic carbocycles. The van der Waals surface area contributed by atoms with Crippen molar-refractivity contribution in [2.45, 2.75) is 18.6 Å². The van der Waals surface area contributed by atoms with Crippen molar-refractivity contribution < 1.29 is 24.2 Å². The molecule has 2 aromatic carbocycles. The lowest BCUT2D eigenvalue weighted by molar-refractivity contribution is -0.143. The molecule has 2 heterocycles. The van der Waals surface area contributed by atoms with Crippen molar-refractivity contribution in [2.75, 3.05) is 13.7 Å². The van der Waals surface area contributed by atoms with Crippen LogP contribution in [-0.2, 0) is 20.9 Å². The minimum absolute atomic E-state index is 0.00708. The average Bonchev–Trinajstić information content (AvgIpc) is 3.44. The maximum Gasteiger partial charge on any atom is 0.342 e. The van der Waals surface area contributed by atoms with E-state index in [0.29, 0.717) is 27.7 Å². The second kappa shape index (κ2) is 10.7. The first-order valence-corrected chi connectivity index (χ1v) is 11.7. The lowest BCUT2D eigenvalue weighted by atomic mass is 10.1. The Balaban J connectivity index is 1.66. The number of hydrogen-bond acceptors (Lipinski definition) is 7. The van der Waals surface area contributed by atoms with Gasteiger partial charge in [-0.25, -0.2) is 9.78 Å². The summed E-state index contributed by atoms with van der Waals surface area (Å²) in [5.74, 6) is -0.571. The molecule has 0 fully saturated rings. The van der Waals surface area contributed by atoms with Gasteiger partial charge < -0.3 is 19.1 Å². The lowest BCUT2D eigenvalue weighted by Crippen LogP contribution is -2.12. The maximum absolute atomic E-state index is 12.1. The number of thioether (sulfide) groups is 1. The standard InChI is InChI=1S/C24H21ClN4O5S/c1-3-34-21(30)13-29-12-14(16-6-4-5-7-18(16)29)10-20(23(31)32)35-24-26-22(27-28-24)17-11-15(25)8-9-19(17)33-2/h4-12H,3,13H2,1-2H3,(H,31,32)(H,26,27,28)/b20-10-. The number of aliphatic carboxylic acids is 1. The van der Waals surface area contributed by atoms with Gasteiger partial charge in [0.1, 0.15) is 17.2 Å². The van der Waals surface area contributed by atoms with Crippen molar-refractivity contribution in [1.82, 2.24) is 19.7 Å². The number of H-pyrrole nitrogens is 1. The Kier molecular flexibility index (Phi) is 7.42. The summed E-state index contributed by atoms with van der Waals surface area (Å²) in [5, 5.41) is 18.3. The van der Waals surface area contributed by atoms with Crippen LogP contribution in [0.3, 0.4) is 0 Å². The van der Waals surface area contributed by atoms with E-state index in [4.69, 9.17) is 21.1 Å². The van der Waals surface area contributed by atoms with Crippen LogP contribution in [0.2, 0.25) is 5.02 Å². The Bertz CT molecular complexity index is 1430. The zero-order valence-corrected chi connectivity index (χ0v) is 20.4. The molecule has 9 nitrogen and oxygen atoms in total. The molecule has 2 N–H and O–H groups in total. The van der Waals surface area contributed by atoms with Gasteiger partial charge in [0.15, 0.2) is 5.82 Å². The van der Waals surface area contributed by atoms with Crippen LogP contribution in [0.15, 0.2) is 58.7 Å². The van der Waals surface area contributed by atoms with E-state index in [2.05, 4.69) is 15.2 Å². The van der Waals surface area contributed by atoms with Crippen LogP contribution in [0.1, 0.15) is 12.5 Å². The number of carboxylic acids is 1. The predicted octanol–water partition coefficient (Wildman–Crippen LogP) is 4.87. The minimum Gasteiger partial charge on any atom is -0.496 e. The number of aromatic amines is 1. The van der Waals surface area contributed by atoms with E-state index < -0.39 is 5.97 Å². The second-order valence-electron chi connectivity index (χ2n) is 7.26. The van der Waals surface area contributed by atoms with Gasteiger partial charge >= 0.3 is 11.9 Å². The summed E-state index contributed by atoms with van der Waals surface area (Å²) in [6, 6.07) is 12.5. The van der Waals surface area contributed by atoms with E-state index in [-0.39, 0.29) is 29.2 Å². The van der Waals surface area contributed by atoms with Crippen LogP contribution in [0.4, 0.5) is 0 Å². The van der Waals surface area contributed by atoms with E-state index in [1.165, 1.54) is 13.2 Å². The van der Waals surface area contributed by atoms with E-state index in [0.717, 1.165) is 22.7 Å². The van der Waals surface area contributed by atoms with E-state index >= 15 is 0 Å². The molecule has 0 bridgehead atoms. The smallest absolute Gasteiger partial charge is 0.342 e. The number of carbonyl (C=O) groups is 2. The fourth-order valence-electron chi connectivity index (χ4n) is 3.52. The van der Waals surface area contributed by atoms with Crippen molar-refractivity contribution >= 4 is 52.3 Å². The molecule has 4 aromatic rings. The van der Waals surface area contributed by atoms with Gasteiger partial charge in [-0.1, -0.05) is 29.8 Å². The predicted molar refractivity (Wildman–Crippen MR) is 133 cm³/mol. The number of hydrogen-bond donors (Lipinski definition) is 2. The molecule has 0 aliphatic rings. The molecule has 0 radical (unpaired) electrons. The molecule has 35 heavy (non-hydrogen) atoms. The Morgan fingerprint density at radius 3 is 2.80 bits per heavy atom. The Morgan fingerprint density at radius 2 is 2.06 bits per heavy atom. The molecular formula is C24H21ClN4O5S. The van der Waals surface area contributed by atoms with Crippen LogP contribution in [0.25, 0.3) is 28.4 Å². The van der Waals surface area contributed by atoms with Gasteiger partial charge in [0.25, 0.3) is 0 Å². The van der Waals surface area contributed by atoms with Crippen LogP contribution >= 0.6 is 23.4 Å². The zero-order chi connectivity index (χ0) is 24.9. The first-order chi connectivity index (χ1) is 16.9. The third-order valence-electron chi connectivity index (χ3n) is 5.00. The maximum atomic E-state index is 12.1. The molecule has 11 heteroatoms. The summed E-state index contributed by atoms with van der Waals surface area (Å²) in [6.45, 7) is 2.04. The molecule has 4 rings (SSSR count). The largest absolute Gasteiger partial charge is 0.496 e.